The summed E-state index contributed by atoms with van der Waals surface area (Å²) in [5.74, 6) is -0.682. The first-order valence-corrected chi connectivity index (χ1v) is 18.9. The number of amides is 2. The predicted molar refractivity (Wildman–Crippen MR) is 230 cm³/mol. The molecule has 0 bridgehead atoms. The van der Waals surface area contributed by atoms with E-state index in [1.807, 2.05) is 72.8 Å². The van der Waals surface area contributed by atoms with Crippen LogP contribution in [0.25, 0.3) is 72.0 Å². The van der Waals surface area contributed by atoms with Crippen molar-refractivity contribution in [2.24, 2.45) is 0 Å². The van der Waals surface area contributed by atoms with Crippen LogP contribution in [-0.4, -0.2) is 16.4 Å². The lowest BCUT2D eigenvalue weighted by Gasteiger charge is -2.22. The van der Waals surface area contributed by atoms with Gasteiger partial charge < -0.3 is 4.57 Å². The Morgan fingerprint density at radius 2 is 0.839 bits per heavy atom. The van der Waals surface area contributed by atoms with Gasteiger partial charge in [-0.1, -0.05) is 163 Å². The number of fused-ring (bicyclic) bond motifs is 4. The van der Waals surface area contributed by atoms with Crippen LogP contribution in [0.5, 0.6) is 0 Å². The van der Waals surface area contributed by atoms with E-state index < -0.39 is 0 Å². The van der Waals surface area contributed by atoms with Crippen molar-refractivity contribution in [1.29, 1.82) is 0 Å². The van der Waals surface area contributed by atoms with E-state index in [4.69, 9.17) is 0 Å². The number of benzene rings is 8. The molecular weight excluding hydrogens is 685 g/mol. The lowest BCUT2D eigenvalue weighted by molar-refractivity contribution is 0.0926. The van der Waals surface area contributed by atoms with Crippen LogP contribution >= 0.6 is 0 Å². The largest absolute Gasteiger partial charge is 0.308 e. The third-order valence-corrected chi connectivity index (χ3v) is 11.1. The Morgan fingerprint density at radius 3 is 1.39 bits per heavy atom. The summed E-state index contributed by atoms with van der Waals surface area (Å²) in [4.78, 5) is 31.3. The monoisotopic (exact) mass is 720 g/mol. The van der Waals surface area contributed by atoms with Gasteiger partial charge in [-0.2, -0.15) is 0 Å². The molecule has 0 N–H and O–H groups in total. The summed E-state index contributed by atoms with van der Waals surface area (Å²) < 4.78 is 2.19. The molecule has 56 heavy (non-hydrogen) atoms. The Kier molecular flexibility index (Phi) is 7.86. The van der Waals surface area contributed by atoms with Crippen molar-refractivity contribution in [3.63, 3.8) is 0 Å². The Bertz CT molecular complexity index is 2890. The Hall–Kier alpha value is -7.30. The lowest BCUT2D eigenvalue weighted by atomic mass is 9.92. The van der Waals surface area contributed by atoms with Gasteiger partial charge >= 0.3 is 0 Å². The number of anilines is 1. The fourth-order valence-corrected chi connectivity index (χ4v) is 8.29. The molecule has 10 rings (SSSR count). The molecule has 0 unspecified atom stereocenters. The van der Waals surface area contributed by atoms with Crippen LogP contribution < -0.4 is 4.90 Å². The second-order valence-corrected chi connectivity index (χ2v) is 14.6. The van der Waals surface area contributed by atoms with Crippen molar-refractivity contribution < 1.29 is 9.59 Å². The topological polar surface area (TPSA) is 42.3 Å². The second-order valence-electron chi connectivity index (χ2n) is 14.6. The highest BCUT2D eigenvalue weighted by Gasteiger charge is 2.40. The summed E-state index contributed by atoms with van der Waals surface area (Å²) in [5.41, 5.74) is 14.4. The van der Waals surface area contributed by atoms with Crippen molar-refractivity contribution in [2.45, 2.75) is 13.8 Å². The SMILES string of the molecule is Cc1ccc(-c2ccc3c4ccc(-c5ccc(C)cc5)cc4n(-c4cccc5c4C(=O)N(c4cccc(-c6ccccc6)c4-c4ccccc4)C5=O)c3c2)cc1. The predicted octanol–water partition coefficient (Wildman–Crippen LogP) is 12.9. The maximum Gasteiger partial charge on any atom is 0.268 e. The van der Waals surface area contributed by atoms with Gasteiger partial charge in [0, 0.05) is 16.3 Å². The van der Waals surface area contributed by atoms with E-state index in [2.05, 4.69) is 122 Å². The number of nitrogens with zero attached hydrogens (tertiary/aromatic N) is 2. The first-order valence-electron chi connectivity index (χ1n) is 18.9. The number of carbonyl (C=O) groups is 2. The summed E-state index contributed by atoms with van der Waals surface area (Å²) in [6.07, 6.45) is 0. The molecule has 2 amide bonds. The number of aryl methyl sites for hydroxylation is 2. The van der Waals surface area contributed by atoms with E-state index >= 15 is 4.79 Å². The molecule has 0 fully saturated rings. The zero-order valence-electron chi connectivity index (χ0n) is 31.0. The minimum Gasteiger partial charge on any atom is -0.308 e. The highest BCUT2D eigenvalue weighted by Crippen LogP contribution is 2.44. The summed E-state index contributed by atoms with van der Waals surface area (Å²) >= 11 is 0. The minimum atomic E-state index is -0.345. The molecule has 0 saturated carbocycles. The maximum atomic E-state index is 15.2. The van der Waals surface area contributed by atoms with E-state index in [1.54, 1.807) is 6.07 Å². The number of hydrogen-bond acceptors (Lipinski definition) is 2. The number of carbonyl (C=O) groups excluding carboxylic acids is 2. The van der Waals surface area contributed by atoms with Gasteiger partial charge in [0.05, 0.1) is 33.5 Å². The summed E-state index contributed by atoms with van der Waals surface area (Å²) in [7, 11) is 0. The third kappa shape index (κ3) is 5.38. The minimum absolute atomic E-state index is 0.337. The Labute approximate surface area is 325 Å². The molecule has 266 valence electrons. The van der Waals surface area contributed by atoms with Crippen molar-refractivity contribution in [3.8, 4) is 50.2 Å². The molecular formula is C52H36N2O2. The van der Waals surface area contributed by atoms with Gasteiger partial charge in [0.25, 0.3) is 11.8 Å². The number of aromatic nitrogens is 1. The molecule has 2 heterocycles. The lowest BCUT2D eigenvalue weighted by Crippen LogP contribution is -2.30. The maximum absolute atomic E-state index is 15.2. The summed E-state index contributed by atoms with van der Waals surface area (Å²) in [6.45, 7) is 4.18. The first-order chi connectivity index (χ1) is 27.4. The molecule has 1 aliphatic heterocycles. The quantitative estimate of drug-likeness (QED) is 0.161. The Balaban J connectivity index is 1.21. The van der Waals surface area contributed by atoms with Crippen LogP contribution in [0.4, 0.5) is 5.69 Å². The Morgan fingerprint density at radius 1 is 0.357 bits per heavy atom. The number of rotatable bonds is 6. The van der Waals surface area contributed by atoms with Crippen LogP contribution in [0.1, 0.15) is 31.8 Å². The van der Waals surface area contributed by atoms with Crippen LogP contribution in [0.15, 0.2) is 182 Å². The molecule has 0 spiro atoms. The molecule has 0 aliphatic carbocycles. The van der Waals surface area contributed by atoms with Gasteiger partial charge in [0.2, 0.25) is 0 Å². The van der Waals surface area contributed by atoms with Crippen molar-refractivity contribution >= 4 is 39.3 Å². The fraction of sp³-hybridized carbons (Fsp3) is 0.0385. The van der Waals surface area contributed by atoms with Gasteiger partial charge in [0.1, 0.15) is 0 Å². The number of imide groups is 1. The molecule has 1 aromatic heterocycles. The van der Waals surface area contributed by atoms with Crippen LogP contribution in [0.2, 0.25) is 0 Å². The molecule has 9 aromatic rings. The second kappa shape index (κ2) is 13.2. The summed E-state index contributed by atoms with van der Waals surface area (Å²) in [5, 5.41) is 2.14. The normalized spacial score (nSPS) is 12.5. The van der Waals surface area contributed by atoms with Crippen molar-refractivity contribution in [1.82, 2.24) is 4.57 Å². The van der Waals surface area contributed by atoms with Crippen molar-refractivity contribution in [3.05, 3.63) is 204 Å². The average molecular weight is 721 g/mol. The van der Waals surface area contributed by atoms with Crippen LogP contribution in [0, 0.1) is 13.8 Å². The number of hydrogen-bond donors (Lipinski definition) is 0. The van der Waals surface area contributed by atoms with E-state index in [9.17, 15) is 4.79 Å². The van der Waals surface area contributed by atoms with E-state index in [0.29, 0.717) is 22.5 Å². The molecule has 0 radical (unpaired) electrons. The summed E-state index contributed by atoms with van der Waals surface area (Å²) in [6, 6.07) is 61.9. The molecule has 8 aromatic carbocycles. The van der Waals surface area contributed by atoms with Gasteiger partial charge in [-0.05, 0) is 83.1 Å². The van der Waals surface area contributed by atoms with Gasteiger partial charge in [-0.15, -0.1) is 0 Å². The van der Waals surface area contributed by atoms with Gasteiger partial charge in [-0.3, -0.25) is 9.59 Å². The van der Waals surface area contributed by atoms with Crippen LogP contribution in [0.3, 0.4) is 0 Å². The highest BCUT2D eigenvalue weighted by molar-refractivity contribution is 6.37. The molecule has 0 atom stereocenters. The standard InChI is InChI=1S/C52H36N2O2/c1-33-19-23-35(24-20-33)39-27-29-42-43-30-28-40(36-25-21-34(2)22-26-36)32-48(43)53(47(42)31-39)46-18-10-16-44-50(46)52(56)54(51(44)55)45-17-9-15-41(37-11-5-3-6-12-37)49(45)38-13-7-4-8-14-38/h3-32H,1-2H3. The molecule has 4 heteroatoms. The average Bonchev–Trinajstić information content (AvgIpc) is 3.70. The highest BCUT2D eigenvalue weighted by atomic mass is 16.2. The van der Waals surface area contributed by atoms with Crippen LogP contribution in [-0.2, 0) is 0 Å². The van der Waals surface area contributed by atoms with E-state index in [-0.39, 0.29) is 11.8 Å². The molecule has 1 aliphatic rings. The van der Waals surface area contributed by atoms with Gasteiger partial charge in [0.15, 0.2) is 0 Å². The van der Waals surface area contributed by atoms with E-state index in [0.717, 1.165) is 66.3 Å². The third-order valence-electron chi connectivity index (χ3n) is 11.1. The smallest absolute Gasteiger partial charge is 0.268 e. The van der Waals surface area contributed by atoms with Crippen molar-refractivity contribution in [2.75, 3.05) is 4.90 Å². The zero-order chi connectivity index (χ0) is 37.9. The van der Waals surface area contributed by atoms with E-state index in [1.165, 1.54) is 16.0 Å². The molecule has 4 nitrogen and oxygen atoms in total. The fourth-order valence-electron chi connectivity index (χ4n) is 8.29. The first kappa shape index (κ1) is 33.3. The zero-order valence-corrected chi connectivity index (χ0v) is 31.0. The van der Waals surface area contributed by atoms with Gasteiger partial charge in [-0.25, -0.2) is 4.90 Å². The molecule has 0 saturated heterocycles.